The number of aromatic nitrogens is 2. The molecule has 3 N–H and O–H groups in total. The molecule has 0 aliphatic rings. The lowest BCUT2D eigenvalue weighted by molar-refractivity contribution is 0.189. The van der Waals surface area contributed by atoms with E-state index in [1.54, 1.807) is 7.11 Å². The lowest BCUT2D eigenvalue weighted by atomic mass is 10.1. The molecule has 0 saturated carbocycles. The van der Waals surface area contributed by atoms with Gasteiger partial charge in [0.15, 0.2) is 0 Å². The van der Waals surface area contributed by atoms with Crippen LogP contribution in [-0.2, 0) is 6.42 Å². The van der Waals surface area contributed by atoms with Crippen molar-refractivity contribution in [1.29, 1.82) is 0 Å². The molecule has 1 atom stereocenters. The molecule has 0 unspecified atom stereocenters. The zero-order chi connectivity index (χ0) is 17.1. The second-order valence-corrected chi connectivity index (χ2v) is 5.70. The molecule has 0 aliphatic heterocycles. The molecule has 2 aromatic carbocycles. The molecule has 0 aliphatic carbocycles. The number of ether oxygens (including phenoxy) is 1. The first-order chi connectivity index (χ1) is 11.5. The van der Waals surface area contributed by atoms with E-state index in [4.69, 9.17) is 9.84 Å². The van der Waals surface area contributed by atoms with Crippen molar-refractivity contribution < 1.29 is 14.6 Å². The van der Waals surface area contributed by atoms with Crippen molar-refractivity contribution in [3.8, 4) is 5.75 Å². The van der Waals surface area contributed by atoms with Gasteiger partial charge in [-0.3, -0.25) is 0 Å². The number of nitrogens with zero attached hydrogens (tertiary/aromatic N) is 1. The molecule has 0 radical (unpaired) electrons. The number of H-pyrrole nitrogens is 1. The lowest BCUT2D eigenvalue weighted by Gasteiger charge is -2.15. The Kier molecular flexibility index (Phi) is 4.37. The van der Waals surface area contributed by atoms with E-state index < -0.39 is 12.1 Å². The summed E-state index contributed by atoms with van der Waals surface area (Å²) < 4.78 is 5.15. The van der Waals surface area contributed by atoms with Crippen LogP contribution < -0.4 is 10.1 Å². The van der Waals surface area contributed by atoms with Crippen molar-refractivity contribution in [2.45, 2.75) is 19.4 Å². The number of carbonyl (C=O) groups is 1. The number of benzene rings is 2. The maximum atomic E-state index is 11.2. The molecule has 24 heavy (non-hydrogen) atoms. The SMILES string of the molecule is COc1ccc(C[C@@H](NC(=O)O)c2nc3ccc(C)cc3[nH]2)cc1. The Morgan fingerprint density at radius 2 is 2.04 bits per heavy atom. The van der Waals surface area contributed by atoms with Crippen molar-refractivity contribution in [3.05, 3.63) is 59.4 Å². The van der Waals surface area contributed by atoms with Crippen molar-refractivity contribution in [3.63, 3.8) is 0 Å². The van der Waals surface area contributed by atoms with Gasteiger partial charge in [-0.2, -0.15) is 0 Å². The zero-order valence-electron chi connectivity index (χ0n) is 13.5. The summed E-state index contributed by atoms with van der Waals surface area (Å²) in [6, 6.07) is 13.0. The van der Waals surface area contributed by atoms with E-state index in [1.165, 1.54) is 0 Å². The van der Waals surface area contributed by atoms with Gasteiger partial charge in [-0.05, 0) is 42.3 Å². The Bertz CT molecular complexity index is 856. The van der Waals surface area contributed by atoms with Gasteiger partial charge < -0.3 is 20.1 Å². The number of carboxylic acid groups (broad SMARTS) is 1. The lowest BCUT2D eigenvalue weighted by Crippen LogP contribution is -2.29. The number of rotatable bonds is 5. The van der Waals surface area contributed by atoms with E-state index >= 15 is 0 Å². The highest BCUT2D eigenvalue weighted by molar-refractivity contribution is 5.76. The van der Waals surface area contributed by atoms with Gasteiger partial charge in [-0.25, -0.2) is 9.78 Å². The van der Waals surface area contributed by atoms with E-state index in [0.29, 0.717) is 12.2 Å². The number of methoxy groups -OCH3 is 1. The molecule has 3 aromatic rings. The fraction of sp³-hybridized carbons (Fsp3) is 0.222. The van der Waals surface area contributed by atoms with Crippen LogP contribution in [0.15, 0.2) is 42.5 Å². The normalized spacial score (nSPS) is 12.1. The minimum absolute atomic E-state index is 0.455. The summed E-state index contributed by atoms with van der Waals surface area (Å²) in [4.78, 5) is 18.9. The van der Waals surface area contributed by atoms with E-state index in [9.17, 15) is 4.79 Å². The first-order valence-corrected chi connectivity index (χ1v) is 7.64. The average molecular weight is 325 g/mol. The van der Waals surface area contributed by atoms with Crippen LogP contribution in [0.5, 0.6) is 5.75 Å². The molecule has 1 heterocycles. The minimum atomic E-state index is -1.08. The second-order valence-electron chi connectivity index (χ2n) is 5.70. The largest absolute Gasteiger partial charge is 0.497 e. The number of hydrogen-bond acceptors (Lipinski definition) is 3. The molecule has 3 rings (SSSR count). The summed E-state index contributed by atoms with van der Waals surface area (Å²) in [5, 5.41) is 11.7. The van der Waals surface area contributed by atoms with Crippen LogP contribution in [0.4, 0.5) is 4.79 Å². The van der Waals surface area contributed by atoms with E-state index in [1.807, 2.05) is 49.4 Å². The van der Waals surface area contributed by atoms with E-state index in [2.05, 4.69) is 15.3 Å². The predicted molar refractivity (Wildman–Crippen MR) is 91.4 cm³/mol. The van der Waals surface area contributed by atoms with Gasteiger partial charge in [-0.1, -0.05) is 18.2 Å². The Morgan fingerprint density at radius 1 is 1.29 bits per heavy atom. The van der Waals surface area contributed by atoms with Crippen LogP contribution in [0.1, 0.15) is 23.0 Å². The Morgan fingerprint density at radius 3 is 2.71 bits per heavy atom. The van der Waals surface area contributed by atoms with Gasteiger partial charge >= 0.3 is 6.09 Å². The zero-order valence-corrected chi connectivity index (χ0v) is 13.5. The summed E-state index contributed by atoms with van der Waals surface area (Å²) in [5.41, 5.74) is 3.83. The van der Waals surface area contributed by atoms with Gasteiger partial charge in [-0.15, -0.1) is 0 Å². The van der Waals surface area contributed by atoms with Crippen molar-refractivity contribution in [2.75, 3.05) is 7.11 Å². The molecule has 124 valence electrons. The highest BCUT2D eigenvalue weighted by Gasteiger charge is 2.19. The molecule has 1 aromatic heterocycles. The van der Waals surface area contributed by atoms with Crippen molar-refractivity contribution in [2.24, 2.45) is 0 Å². The van der Waals surface area contributed by atoms with Crippen LogP contribution in [0.25, 0.3) is 11.0 Å². The van der Waals surface area contributed by atoms with Crippen LogP contribution in [-0.4, -0.2) is 28.3 Å². The van der Waals surface area contributed by atoms with Crippen LogP contribution in [0.2, 0.25) is 0 Å². The monoisotopic (exact) mass is 325 g/mol. The van der Waals surface area contributed by atoms with E-state index in [0.717, 1.165) is 27.9 Å². The summed E-state index contributed by atoms with van der Waals surface area (Å²) >= 11 is 0. The second kappa shape index (κ2) is 6.62. The molecular weight excluding hydrogens is 306 g/mol. The molecule has 0 fully saturated rings. The van der Waals surface area contributed by atoms with Crippen molar-refractivity contribution >= 4 is 17.1 Å². The summed E-state index contributed by atoms with van der Waals surface area (Å²) in [6.07, 6.45) is -0.583. The Balaban J connectivity index is 1.90. The highest BCUT2D eigenvalue weighted by Crippen LogP contribution is 2.22. The maximum absolute atomic E-state index is 11.2. The molecule has 6 nitrogen and oxygen atoms in total. The van der Waals surface area contributed by atoms with Crippen LogP contribution in [0.3, 0.4) is 0 Å². The molecular formula is C18H19N3O3. The first-order valence-electron chi connectivity index (χ1n) is 7.64. The molecule has 1 amide bonds. The summed E-state index contributed by atoms with van der Waals surface area (Å²) in [7, 11) is 1.61. The van der Waals surface area contributed by atoms with Crippen LogP contribution >= 0.6 is 0 Å². The van der Waals surface area contributed by atoms with Gasteiger partial charge in [0, 0.05) is 6.42 Å². The first kappa shape index (κ1) is 15.9. The number of aromatic amines is 1. The van der Waals surface area contributed by atoms with Gasteiger partial charge in [0.05, 0.1) is 24.2 Å². The van der Waals surface area contributed by atoms with E-state index in [-0.39, 0.29) is 0 Å². The third-order valence-corrected chi connectivity index (χ3v) is 3.88. The number of fused-ring (bicyclic) bond motifs is 1. The third-order valence-electron chi connectivity index (χ3n) is 3.88. The van der Waals surface area contributed by atoms with Crippen molar-refractivity contribution in [1.82, 2.24) is 15.3 Å². The third kappa shape index (κ3) is 3.48. The average Bonchev–Trinajstić information content (AvgIpc) is 2.97. The van der Waals surface area contributed by atoms with Gasteiger partial charge in [0.25, 0.3) is 0 Å². The smallest absolute Gasteiger partial charge is 0.405 e. The summed E-state index contributed by atoms with van der Waals surface area (Å²) in [5.74, 6) is 1.37. The Hall–Kier alpha value is -3.02. The quantitative estimate of drug-likeness (QED) is 0.670. The van der Waals surface area contributed by atoms with Gasteiger partial charge in [0.1, 0.15) is 11.6 Å². The Labute approximate surface area is 139 Å². The molecule has 6 heteroatoms. The molecule has 0 bridgehead atoms. The number of nitrogens with one attached hydrogen (secondary N) is 2. The molecule has 0 spiro atoms. The number of hydrogen-bond donors (Lipinski definition) is 3. The summed E-state index contributed by atoms with van der Waals surface area (Å²) in [6.45, 7) is 2.00. The maximum Gasteiger partial charge on any atom is 0.405 e. The highest BCUT2D eigenvalue weighted by atomic mass is 16.5. The number of amides is 1. The standard InChI is InChI=1S/C18H19N3O3/c1-11-3-8-14-15(9-11)20-17(19-14)16(21-18(22)23)10-12-4-6-13(24-2)7-5-12/h3-9,16,21H,10H2,1-2H3,(H,19,20)(H,22,23)/t16-/m1/s1. The number of imidazole rings is 1. The molecule has 0 saturated heterocycles. The topological polar surface area (TPSA) is 87.2 Å². The minimum Gasteiger partial charge on any atom is -0.497 e. The van der Waals surface area contributed by atoms with Crippen LogP contribution in [0, 0.1) is 6.92 Å². The fourth-order valence-corrected chi connectivity index (χ4v) is 2.67. The van der Waals surface area contributed by atoms with Gasteiger partial charge in [0.2, 0.25) is 0 Å². The number of aryl methyl sites for hydroxylation is 1. The predicted octanol–water partition coefficient (Wildman–Crippen LogP) is 3.43. The fourth-order valence-electron chi connectivity index (χ4n) is 2.67.